The van der Waals surface area contributed by atoms with Gasteiger partial charge in [0.15, 0.2) is 0 Å². The molecule has 6 heteroatoms. The van der Waals surface area contributed by atoms with Crippen LogP contribution in [-0.4, -0.2) is 28.3 Å². The van der Waals surface area contributed by atoms with E-state index in [4.69, 9.17) is 11.6 Å². The zero-order valence-corrected chi connectivity index (χ0v) is 11.8. The molecule has 0 atom stereocenters. The number of rotatable bonds is 5. The number of anilines is 2. The molecule has 0 amide bonds. The van der Waals surface area contributed by atoms with Crippen LogP contribution < -0.4 is 9.62 Å². The molecule has 0 aromatic heterocycles. The average molecular weight is 277 g/mol. The van der Waals surface area contributed by atoms with E-state index < -0.39 is 10.0 Å². The minimum atomic E-state index is -3.29. The lowest BCUT2D eigenvalue weighted by atomic mass is 10.2. The van der Waals surface area contributed by atoms with Crippen molar-refractivity contribution in [2.24, 2.45) is 0 Å². The number of benzene rings is 1. The summed E-state index contributed by atoms with van der Waals surface area (Å²) in [6.07, 6.45) is 0.577. The van der Waals surface area contributed by atoms with Crippen molar-refractivity contribution in [3.63, 3.8) is 0 Å². The van der Waals surface area contributed by atoms with Crippen molar-refractivity contribution in [1.29, 1.82) is 0 Å². The minimum absolute atomic E-state index is 0.104. The predicted octanol–water partition coefficient (Wildman–Crippen LogP) is 2.56. The fraction of sp³-hybridized carbons (Fsp3) is 0.455. The second-order valence-electron chi connectivity index (χ2n) is 3.95. The maximum atomic E-state index is 11.7. The Morgan fingerprint density at radius 2 is 2.00 bits per heavy atom. The van der Waals surface area contributed by atoms with Gasteiger partial charge in [0.2, 0.25) is 10.0 Å². The number of para-hydroxylation sites is 1. The Hall–Kier alpha value is -0.940. The van der Waals surface area contributed by atoms with Crippen molar-refractivity contribution in [3.05, 3.63) is 23.2 Å². The first-order chi connectivity index (χ1) is 7.87. The first kappa shape index (κ1) is 14.1. The van der Waals surface area contributed by atoms with Crippen molar-refractivity contribution in [3.8, 4) is 0 Å². The van der Waals surface area contributed by atoms with Gasteiger partial charge in [-0.15, -0.1) is 0 Å². The number of hydrogen-bond donors (Lipinski definition) is 1. The Kier molecular flexibility index (Phi) is 4.65. The second-order valence-corrected chi connectivity index (χ2v) is 6.20. The standard InChI is InChI=1S/C11H17ClN2O2S/c1-4-8-17(15,16)13-10-7-5-6-9(12)11(10)14(2)3/h5-7,13H,4,8H2,1-3H3. The molecule has 0 heterocycles. The number of nitrogens with zero attached hydrogens (tertiary/aromatic N) is 1. The molecule has 0 unspecified atom stereocenters. The first-order valence-electron chi connectivity index (χ1n) is 5.33. The Labute approximate surface area is 108 Å². The highest BCUT2D eigenvalue weighted by atomic mass is 35.5. The van der Waals surface area contributed by atoms with Crippen LogP contribution in [0, 0.1) is 0 Å². The van der Waals surface area contributed by atoms with Gasteiger partial charge in [-0.3, -0.25) is 4.72 Å². The summed E-state index contributed by atoms with van der Waals surface area (Å²) in [6, 6.07) is 5.15. The van der Waals surface area contributed by atoms with Crippen LogP contribution in [0.1, 0.15) is 13.3 Å². The fourth-order valence-electron chi connectivity index (χ4n) is 1.54. The van der Waals surface area contributed by atoms with Gasteiger partial charge < -0.3 is 4.90 Å². The van der Waals surface area contributed by atoms with Crippen LogP contribution in [0.15, 0.2) is 18.2 Å². The van der Waals surface area contributed by atoms with Gasteiger partial charge in [0.1, 0.15) is 0 Å². The number of nitrogens with one attached hydrogen (secondary N) is 1. The summed E-state index contributed by atoms with van der Waals surface area (Å²) < 4.78 is 26.0. The molecule has 17 heavy (non-hydrogen) atoms. The Morgan fingerprint density at radius 3 is 2.53 bits per heavy atom. The molecule has 1 aromatic carbocycles. The summed E-state index contributed by atoms with van der Waals surface area (Å²) in [6.45, 7) is 1.82. The predicted molar refractivity (Wildman–Crippen MR) is 73.5 cm³/mol. The van der Waals surface area contributed by atoms with E-state index in [1.54, 1.807) is 23.1 Å². The lowest BCUT2D eigenvalue weighted by molar-refractivity contribution is 0.600. The summed E-state index contributed by atoms with van der Waals surface area (Å²) in [4.78, 5) is 1.78. The fourth-order valence-corrected chi connectivity index (χ4v) is 3.02. The monoisotopic (exact) mass is 276 g/mol. The van der Waals surface area contributed by atoms with Crippen molar-refractivity contribution >= 4 is 33.0 Å². The van der Waals surface area contributed by atoms with Crippen LogP contribution in [0.2, 0.25) is 5.02 Å². The highest BCUT2D eigenvalue weighted by Gasteiger charge is 2.14. The lowest BCUT2D eigenvalue weighted by Crippen LogP contribution is -2.19. The topological polar surface area (TPSA) is 49.4 Å². The number of halogens is 1. The molecular weight excluding hydrogens is 260 g/mol. The van der Waals surface area contributed by atoms with E-state index in [0.29, 0.717) is 22.8 Å². The number of sulfonamides is 1. The van der Waals surface area contributed by atoms with E-state index in [9.17, 15) is 8.42 Å². The Bertz CT molecular complexity index is 486. The van der Waals surface area contributed by atoms with E-state index in [0.717, 1.165) is 0 Å². The van der Waals surface area contributed by atoms with E-state index in [1.807, 2.05) is 21.0 Å². The van der Waals surface area contributed by atoms with Crippen molar-refractivity contribution in [2.45, 2.75) is 13.3 Å². The molecule has 0 saturated heterocycles. The molecule has 1 rings (SSSR count). The maximum Gasteiger partial charge on any atom is 0.232 e. The highest BCUT2D eigenvalue weighted by Crippen LogP contribution is 2.33. The molecule has 0 aliphatic heterocycles. The number of hydrogen-bond acceptors (Lipinski definition) is 3. The van der Waals surface area contributed by atoms with Gasteiger partial charge in [-0.2, -0.15) is 0 Å². The zero-order chi connectivity index (χ0) is 13.1. The normalized spacial score (nSPS) is 11.3. The summed E-state index contributed by atoms with van der Waals surface area (Å²) >= 11 is 6.05. The smallest absolute Gasteiger partial charge is 0.232 e. The molecule has 1 N–H and O–H groups in total. The molecule has 0 bridgehead atoms. The van der Waals surface area contributed by atoms with Crippen LogP contribution in [0.3, 0.4) is 0 Å². The second kappa shape index (κ2) is 5.60. The Balaban J connectivity index is 3.11. The lowest BCUT2D eigenvalue weighted by Gasteiger charge is -2.19. The van der Waals surface area contributed by atoms with E-state index in [2.05, 4.69) is 4.72 Å². The summed E-state index contributed by atoms with van der Waals surface area (Å²) in [5.74, 6) is 0.104. The van der Waals surface area contributed by atoms with Crippen molar-refractivity contribution in [2.75, 3.05) is 29.5 Å². The molecule has 0 aliphatic rings. The molecular formula is C11H17ClN2O2S. The molecule has 1 aromatic rings. The third-order valence-electron chi connectivity index (χ3n) is 2.17. The minimum Gasteiger partial charge on any atom is -0.375 e. The third-order valence-corrected chi connectivity index (χ3v) is 3.95. The van der Waals surface area contributed by atoms with Crippen LogP contribution in [0.4, 0.5) is 11.4 Å². The summed E-state index contributed by atoms with van der Waals surface area (Å²) in [5.41, 5.74) is 1.18. The van der Waals surface area contributed by atoms with Gasteiger partial charge in [-0.05, 0) is 18.6 Å². The molecule has 96 valence electrons. The maximum absolute atomic E-state index is 11.7. The quantitative estimate of drug-likeness (QED) is 0.899. The average Bonchev–Trinajstić information content (AvgIpc) is 2.15. The molecule has 0 saturated carbocycles. The molecule has 0 spiro atoms. The third kappa shape index (κ3) is 3.78. The van der Waals surface area contributed by atoms with Gasteiger partial charge in [0.05, 0.1) is 22.2 Å². The molecule has 0 aliphatic carbocycles. The van der Waals surface area contributed by atoms with Gasteiger partial charge in [-0.1, -0.05) is 24.6 Å². The highest BCUT2D eigenvalue weighted by molar-refractivity contribution is 7.92. The Morgan fingerprint density at radius 1 is 1.35 bits per heavy atom. The van der Waals surface area contributed by atoms with Gasteiger partial charge >= 0.3 is 0 Å². The van der Waals surface area contributed by atoms with Gasteiger partial charge in [0.25, 0.3) is 0 Å². The van der Waals surface area contributed by atoms with Gasteiger partial charge in [0, 0.05) is 14.1 Å². The largest absolute Gasteiger partial charge is 0.375 e. The van der Waals surface area contributed by atoms with Crippen molar-refractivity contribution < 1.29 is 8.42 Å². The van der Waals surface area contributed by atoms with E-state index >= 15 is 0 Å². The van der Waals surface area contributed by atoms with Crippen LogP contribution in [0.5, 0.6) is 0 Å². The van der Waals surface area contributed by atoms with Crippen molar-refractivity contribution in [1.82, 2.24) is 0 Å². The summed E-state index contributed by atoms with van der Waals surface area (Å²) in [5, 5.41) is 0.520. The van der Waals surface area contributed by atoms with Crippen LogP contribution >= 0.6 is 11.6 Å². The van der Waals surface area contributed by atoms with E-state index in [-0.39, 0.29) is 5.75 Å². The first-order valence-corrected chi connectivity index (χ1v) is 7.36. The zero-order valence-electron chi connectivity index (χ0n) is 10.2. The molecule has 0 radical (unpaired) electrons. The SMILES string of the molecule is CCCS(=O)(=O)Nc1cccc(Cl)c1N(C)C. The molecule has 0 fully saturated rings. The van der Waals surface area contributed by atoms with E-state index in [1.165, 1.54) is 0 Å². The van der Waals surface area contributed by atoms with Gasteiger partial charge in [-0.25, -0.2) is 8.42 Å². The van der Waals surface area contributed by atoms with Crippen LogP contribution in [0.25, 0.3) is 0 Å². The summed E-state index contributed by atoms with van der Waals surface area (Å²) in [7, 11) is 0.344. The molecule has 4 nitrogen and oxygen atoms in total. The van der Waals surface area contributed by atoms with Crippen LogP contribution in [-0.2, 0) is 10.0 Å².